The molecule has 0 saturated carbocycles. The Bertz CT molecular complexity index is 1080. The third kappa shape index (κ3) is 3.65. The molecule has 0 fully saturated rings. The van der Waals surface area contributed by atoms with Crippen molar-refractivity contribution in [3.8, 4) is 22.5 Å². The van der Waals surface area contributed by atoms with E-state index in [1.165, 1.54) is 70.7 Å². The van der Waals surface area contributed by atoms with Crippen LogP contribution in [0, 0.1) is 11.8 Å². The first-order valence-corrected chi connectivity index (χ1v) is 13.4. The molecule has 0 radical (unpaired) electrons. The van der Waals surface area contributed by atoms with Gasteiger partial charge in [0.25, 0.3) is 0 Å². The molecule has 0 spiro atoms. The van der Waals surface area contributed by atoms with Gasteiger partial charge in [-0.3, -0.25) is 9.36 Å². The van der Waals surface area contributed by atoms with Gasteiger partial charge >= 0.3 is 0 Å². The molecular formula is C30H42N4. The lowest BCUT2D eigenvalue weighted by Gasteiger charge is -2.30. The molecular weight excluding hydrogens is 416 g/mol. The molecule has 0 saturated heterocycles. The van der Waals surface area contributed by atoms with Gasteiger partial charge in [-0.05, 0) is 49.4 Å². The third-order valence-electron chi connectivity index (χ3n) is 8.81. The molecule has 4 heteroatoms. The predicted molar refractivity (Wildman–Crippen MR) is 141 cm³/mol. The summed E-state index contributed by atoms with van der Waals surface area (Å²) in [6.07, 6.45) is 5.04. The lowest BCUT2D eigenvalue weighted by molar-refractivity contribution is 0.390. The van der Waals surface area contributed by atoms with Crippen LogP contribution in [0.15, 0.2) is 24.3 Å². The first kappa shape index (κ1) is 23.4. The summed E-state index contributed by atoms with van der Waals surface area (Å²) in [4.78, 5) is 0. The van der Waals surface area contributed by atoms with E-state index in [4.69, 9.17) is 10.2 Å². The summed E-state index contributed by atoms with van der Waals surface area (Å²) >= 11 is 0. The Balaban J connectivity index is 1.55. The van der Waals surface area contributed by atoms with E-state index in [2.05, 4.69) is 89.3 Å². The molecule has 182 valence electrons. The van der Waals surface area contributed by atoms with Gasteiger partial charge in [-0.2, -0.15) is 10.2 Å². The number of nitrogens with zero attached hydrogens (tertiary/aromatic N) is 4. The van der Waals surface area contributed by atoms with Gasteiger partial charge in [0.15, 0.2) is 0 Å². The summed E-state index contributed by atoms with van der Waals surface area (Å²) in [5, 5.41) is 10.1. The molecule has 34 heavy (non-hydrogen) atoms. The molecule has 0 unspecified atom stereocenters. The van der Waals surface area contributed by atoms with Gasteiger partial charge in [0.2, 0.25) is 0 Å². The second-order valence-electron chi connectivity index (χ2n) is 11.8. The SMILES string of the molecule is CC(C)[C@@H]1CC[C@@H](C)c2c(-c3ccc(-c4nn(C)c5c4[C@H](C)CC[C@H]5C(C)C)cc3)nn(C)c21. The molecule has 4 nitrogen and oxygen atoms in total. The number of rotatable bonds is 4. The van der Waals surface area contributed by atoms with Gasteiger partial charge in [0, 0.05) is 59.6 Å². The van der Waals surface area contributed by atoms with Gasteiger partial charge in [0.05, 0.1) is 11.4 Å². The standard InChI is InChI=1S/C30H42N4/c1-17(2)23-15-9-19(5)25-27(31-33(7)29(23)25)21-11-13-22(14-12-21)28-26-20(6)10-16-24(18(3)4)30(26)34(8)32-28/h11-14,17-20,23-24H,9-10,15-16H2,1-8H3/t19-,20-,23+,24+/m1/s1. The summed E-state index contributed by atoms with van der Waals surface area (Å²) in [6.45, 7) is 14.2. The van der Waals surface area contributed by atoms with Crippen molar-refractivity contribution in [2.24, 2.45) is 25.9 Å². The number of benzene rings is 1. The van der Waals surface area contributed by atoms with Crippen molar-refractivity contribution in [3.05, 3.63) is 46.8 Å². The quantitative estimate of drug-likeness (QED) is 0.400. The van der Waals surface area contributed by atoms with Crippen LogP contribution in [0.25, 0.3) is 22.5 Å². The Kier molecular flexibility index (Phi) is 5.98. The Morgan fingerprint density at radius 1 is 0.647 bits per heavy atom. The third-order valence-corrected chi connectivity index (χ3v) is 8.81. The highest BCUT2D eigenvalue weighted by molar-refractivity contribution is 5.72. The highest BCUT2D eigenvalue weighted by Crippen LogP contribution is 2.47. The summed E-state index contributed by atoms with van der Waals surface area (Å²) in [5.41, 5.74) is 10.7. The Labute approximate surface area is 205 Å². The predicted octanol–water partition coefficient (Wildman–Crippen LogP) is 7.76. The minimum absolute atomic E-state index is 0.560. The second kappa shape index (κ2) is 8.70. The summed E-state index contributed by atoms with van der Waals surface area (Å²) < 4.78 is 4.34. The highest BCUT2D eigenvalue weighted by Gasteiger charge is 2.35. The van der Waals surface area contributed by atoms with Crippen LogP contribution in [0.3, 0.4) is 0 Å². The van der Waals surface area contributed by atoms with E-state index >= 15 is 0 Å². The zero-order valence-electron chi connectivity index (χ0n) is 22.4. The second-order valence-corrected chi connectivity index (χ2v) is 11.8. The largest absolute Gasteiger partial charge is 0.271 e. The van der Waals surface area contributed by atoms with E-state index < -0.39 is 0 Å². The molecule has 2 aromatic heterocycles. The van der Waals surface area contributed by atoms with E-state index in [0.717, 1.165) is 0 Å². The maximum Gasteiger partial charge on any atom is 0.0960 e. The smallest absolute Gasteiger partial charge is 0.0960 e. The average molecular weight is 459 g/mol. The summed E-state index contributed by atoms with van der Waals surface area (Å²) in [5.74, 6) is 3.61. The van der Waals surface area contributed by atoms with Crippen LogP contribution < -0.4 is 0 Å². The number of hydrogen-bond donors (Lipinski definition) is 0. The average Bonchev–Trinajstić information content (AvgIpc) is 3.33. The van der Waals surface area contributed by atoms with Gasteiger partial charge in [-0.1, -0.05) is 65.8 Å². The molecule has 2 aliphatic rings. The fraction of sp³-hybridized carbons (Fsp3) is 0.600. The van der Waals surface area contributed by atoms with Crippen LogP contribution >= 0.6 is 0 Å². The summed E-state index contributed by atoms with van der Waals surface area (Å²) in [7, 11) is 4.27. The molecule has 0 aliphatic heterocycles. The van der Waals surface area contributed by atoms with Crippen molar-refractivity contribution < 1.29 is 0 Å². The van der Waals surface area contributed by atoms with Crippen LogP contribution in [0.4, 0.5) is 0 Å². The number of fused-ring (bicyclic) bond motifs is 2. The summed E-state index contributed by atoms with van der Waals surface area (Å²) in [6, 6.07) is 9.10. The normalized spacial score (nSPS) is 24.5. The van der Waals surface area contributed by atoms with E-state index in [9.17, 15) is 0 Å². The lowest BCUT2D eigenvalue weighted by Crippen LogP contribution is -2.19. The molecule has 5 rings (SSSR count). The van der Waals surface area contributed by atoms with Crippen LogP contribution in [-0.2, 0) is 14.1 Å². The van der Waals surface area contributed by atoms with Crippen LogP contribution in [-0.4, -0.2) is 19.6 Å². The lowest BCUT2D eigenvalue weighted by atomic mass is 9.75. The van der Waals surface area contributed by atoms with E-state index in [1.54, 1.807) is 0 Å². The van der Waals surface area contributed by atoms with Crippen molar-refractivity contribution in [1.29, 1.82) is 0 Å². The van der Waals surface area contributed by atoms with E-state index in [-0.39, 0.29) is 0 Å². The first-order chi connectivity index (χ1) is 16.2. The van der Waals surface area contributed by atoms with Crippen LogP contribution in [0.1, 0.15) is 113 Å². The van der Waals surface area contributed by atoms with E-state index in [0.29, 0.717) is 35.5 Å². The minimum Gasteiger partial charge on any atom is -0.271 e. The number of aryl methyl sites for hydroxylation is 2. The molecule has 3 aromatic rings. The monoisotopic (exact) mass is 458 g/mol. The highest BCUT2D eigenvalue weighted by atomic mass is 15.3. The molecule has 0 amide bonds. The molecule has 1 aromatic carbocycles. The first-order valence-electron chi connectivity index (χ1n) is 13.4. The topological polar surface area (TPSA) is 35.6 Å². The van der Waals surface area contributed by atoms with Gasteiger partial charge in [0.1, 0.15) is 0 Å². The van der Waals surface area contributed by atoms with Gasteiger partial charge in [-0.15, -0.1) is 0 Å². The fourth-order valence-electron chi connectivity index (χ4n) is 6.89. The molecule has 0 bridgehead atoms. The minimum atomic E-state index is 0.560. The molecule has 2 aliphatic carbocycles. The molecule has 0 N–H and O–H groups in total. The fourth-order valence-corrected chi connectivity index (χ4v) is 6.89. The number of aromatic nitrogens is 4. The van der Waals surface area contributed by atoms with Crippen molar-refractivity contribution in [1.82, 2.24) is 19.6 Å². The zero-order chi connectivity index (χ0) is 24.3. The Hall–Kier alpha value is -2.36. The van der Waals surface area contributed by atoms with Crippen molar-refractivity contribution >= 4 is 0 Å². The van der Waals surface area contributed by atoms with E-state index in [1.807, 2.05) is 0 Å². The zero-order valence-corrected chi connectivity index (χ0v) is 22.4. The van der Waals surface area contributed by atoms with Crippen LogP contribution in [0.2, 0.25) is 0 Å². The molecule has 4 atom stereocenters. The maximum atomic E-state index is 5.06. The van der Waals surface area contributed by atoms with Crippen LogP contribution in [0.5, 0.6) is 0 Å². The van der Waals surface area contributed by atoms with Gasteiger partial charge in [-0.25, -0.2) is 0 Å². The van der Waals surface area contributed by atoms with Crippen molar-refractivity contribution in [2.45, 2.75) is 90.9 Å². The number of hydrogen-bond acceptors (Lipinski definition) is 2. The van der Waals surface area contributed by atoms with Gasteiger partial charge < -0.3 is 0 Å². The Morgan fingerprint density at radius 2 is 1.00 bits per heavy atom. The van der Waals surface area contributed by atoms with Crippen molar-refractivity contribution in [3.63, 3.8) is 0 Å². The Morgan fingerprint density at radius 3 is 1.32 bits per heavy atom. The maximum absolute atomic E-state index is 5.06. The molecule has 2 heterocycles. The van der Waals surface area contributed by atoms with Crippen molar-refractivity contribution in [2.75, 3.05) is 0 Å².